The van der Waals surface area contributed by atoms with Gasteiger partial charge < -0.3 is 5.73 Å². The van der Waals surface area contributed by atoms with Crippen molar-refractivity contribution in [2.24, 2.45) is 0 Å². The maximum absolute atomic E-state index is 14.3. The Morgan fingerprint density at radius 1 is 1.08 bits per heavy atom. The Kier molecular flexibility index (Phi) is 3.39. The van der Waals surface area contributed by atoms with Crippen LogP contribution in [-0.2, 0) is 0 Å². The molecule has 1 aromatic carbocycles. The summed E-state index contributed by atoms with van der Waals surface area (Å²) in [5.74, 6) is -5.58. The maximum Gasteiger partial charge on any atom is 0.269 e. The van der Waals surface area contributed by atoms with Gasteiger partial charge >= 0.3 is 0 Å². The van der Waals surface area contributed by atoms with Gasteiger partial charge in [-0.2, -0.15) is 0 Å². The largest absolute Gasteiger partial charge is 0.384 e. The van der Waals surface area contributed by atoms with E-state index in [0.717, 1.165) is 12.1 Å². The highest BCUT2D eigenvalue weighted by molar-refractivity contribution is 6.23. The quantitative estimate of drug-likeness (QED) is 0.640. The van der Waals surface area contributed by atoms with Crippen molar-refractivity contribution >= 4 is 17.6 Å². The molecule has 2 amide bonds. The van der Waals surface area contributed by atoms with Crippen molar-refractivity contribution in [1.29, 1.82) is 0 Å². The number of amides is 2. The third kappa shape index (κ3) is 2.07. The van der Waals surface area contributed by atoms with E-state index in [2.05, 4.69) is 0 Å². The molecule has 3 N–H and O–H groups in total. The fourth-order valence-corrected chi connectivity index (χ4v) is 2.46. The van der Waals surface area contributed by atoms with Crippen LogP contribution in [0.3, 0.4) is 0 Å². The van der Waals surface area contributed by atoms with Gasteiger partial charge in [-0.3, -0.25) is 24.3 Å². The Morgan fingerprint density at radius 2 is 1.75 bits per heavy atom. The first-order valence-corrected chi connectivity index (χ1v) is 6.41. The minimum absolute atomic E-state index is 0.310. The first kappa shape index (κ1) is 15.7. The molecule has 3 rings (SSSR count). The zero-order valence-corrected chi connectivity index (χ0v) is 11.6. The molecule has 1 aliphatic rings. The van der Waals surface area contributed by atoms with Crippen LogP contribution in [0.1, 0.15) is 32.7 Å². The molecule has 6 nitrogen and oxygen atoms in total. The highest BCUT2D eigenvalue weighted by atomic mass is 19.3. The van der Waals surface area contributed by atoms with E-state index in [1.54, 1.807) is 0 Å². The fourth-order valence-electron chi connectivity index (χ4n) is 2.46. The Morgan fingerprint density at radius 3 is 2.38 bits per heavy atom. The van der Waals surface area contributed by atoms with Crippen LogP contribution in [0.25, 0.3) is 5.69 Å². The van der Waals surface area contributed by atoms with Gasteiger partial charge in [-0.05, 0) is 12.1 Å². The van der Waals surface area contributed by atoms with E-state index in [9.17, 15) is 31.9 Å². The van der Waals surface area contributed by atoms with Crippen LogP contribution < -0.4 is 16.6 Å². The smallest absolute Gasteiger partial charge is 0.269 e. The van der Waals surface area contributed by atoms with E-state index in [4.69, 9.17) is 5.73 Å². The molecule has 0 bridgehead atoms. The number of hydrogen-bond acceptors (Lipinski definition) is 4. The summed E-state index contributed by atoms with van der Waals surface area (Å²) in [5.41, 5.74) is 1.63. The van der Waals surface area contributed by atoms with Crippen molar-refractivity contribution in [3.05, 3.63) is 56.9 Å². The molecule has 0 aliphatic carbocycles. The van der Waals surface area contributed by atoms with E-state index in [0.29, 0.717) is 10.6 Å². The highest BCUT2D eigenvalue weighted by Crippen LogP contribution is 2.30. The number of fused-ring (bicyclic) bond motifs is 1. The third-order valence-corrected chi connectivity index (χ3v) is 3.52. The van der Waals surface area contributed by atoms with Gasteiger partial charge in [-0.25, -0.2) is 17.6 Å². The molecule has 0 saturated heterocycles. The van der Waals surface area contributed by atoms with E-state index in [1.807, 2.05) is 5.32 Å². The van der Waals surface area contributed by atoms with Crippen molar-refractivity contribution in [3.8, 4) is 5.69 Å². The number of benzene rings is 1. The first-order valence-electron chi connectivity index (χ1n) is 6.41. The molecule has 0 unspecified atom stereocenters. The lowest BCUT2D eigenvalue weighted by molar-refractivity contribution is 0.0879. The highest BCUT2D eigenvalue weighted by Gasteiger charge is 2.33. The monoisotopic (exact) mass is 341 g/mol. The van der Waals surface area contributed by atoms with E-state index in [-0.39, 0.29) is 11.1 Å². The van der Waals surface area contributed by atoms with Gasteiger partial charge in [0.25, 0.3) is 23.8 Å². The van der Waals surface area contributed by atoms with E-state index < -0.39 is 52.5 Å². The number of carbonyl (C=O) groups excluding carboxylic acids is 2. The number of aromatic nitrogens is 1. The third-order valence-electron chi connectivity index (χ3n) is 3.52. The standard InChI is InChI=1S/C14H7F4N3O3/c15-5-1-2-6(10(16)9(5)11(17)18)21-7(22)3-4-8(12(21)19)14(24)20-13(4)23/h1-3,11H,19H2,(H,20,23,24). The molecule has 0 atom stereocenters. The summed E-state index contributed by atoms with van der Waals surface area (Å²) in [6.07, 6.45) is -3.47. The molecule has 0 fully saturated rings. The molecule has 124 valence electrons. The minimum Gasteiger partial charge on any atom is -0.384 e. The number of imide groups is 1. The van der Waals surface area contributed by atoms with Crippen molar-refractivity contribution in [2.75, 3.05) is 5.73 Å². The van der Waals surface area contributed by atoms with E-state index >= 15 is 0 Å². The topological polar surface area (TPSA) is 94.2 Å². The molecule has 1 aliphatic heterocycles. The maximum atomic E-state index is 14.3. The lowest BCUT2D eigenvalue weighted by Crippen LogP contribution is -2.25. The zero-order valence-electron chi connectivity index (χ0n) is 11.6. The SMILES string of the molecule is Nc1c2c(cc(=O)n1-c1ccc(F)c(C(F)F)c1F)C(=O)NC2=O. The number of nitrogens with one attached hydrogen (secondary N) is 1. The van der Waals surface area contributed by atoms with Crippen LogP contribution in [-0.4, -0.2) is 16.4 Å². The number of nitrogen functional groups attached to an aromatic ring is 1. The fraction of sp³-hybridized carbons (Fsp3) is 0.0714. The average molecular weight is 341 g/mol. The van der Waals surface area contributed by atoms with Crippen LogP contribution in [0.4, 0.5) is 23.4 Å². The van der Waals surface area contributed by atoms with Gasteiger partial charge in [0, 0.05) is 6.07 Å². The molecular weight excluding hydrogens is 334 g/mol. The van der Waals surface area contributed by atoms with Crippen molar-refractivity contribution in [3.63, 3.8) is 0 Å². The van der Waals surface area contributed by atoms with Crippen molar-refractivity contribution in [1.82, 2.24) is 9.88 Å². The molecule has 1 aromatic heterocycles. The number of nitrogens with zero attached hydrogens (tertiary/aromatic N) is 1. The van der Waals surface area contributed by atoms with Crippen LogP contribution in [0.2, 0.25) is 0 Å². The summed E-state index contributed by atoms with van der Waals surface area (Å²) in [7, 11) is 0. The van der Waals surface area contributed by atoms with Crippen molar-refractivity contribution in [2.45, 2.75) is 6.43 Å². The van der Waals surface area contributed by atoms with Gasteiger partial charge in [0.2, 0.25) is 0 Å². The summed E-state index contributed by atoms with van der Waals surface area (Å²) in [6.45, 7) is 0. The number of anilines is 1. The predicted octanol–water partition coefficient (Wildman–Crippen LogP) is 1.52. The number of halogens is 4. The van der Waals surface area contributed by atoms with Gasteiger partial charge in [-0.15, -0.1) is 0 Å². The molecule has 0 spiro atoms. The summed E-state index contributed by atoms with van der Waals surface area (Å²) >= 11 is 0. The molecule has 24 heavy (non-hydrogen) atoms. The summed E-state index contributed by atoms with van der Waals surface area (Å²) in [4.78, 5) is 35.3. The Hall–Kier alpha value is -3.17. The average Bonchev–Trinajstić information content (AvgIpc) is 2.75. The number of hydrogen-bond donors (Lipinski definition) is 2. The molecule has 10 heteroatoms. The van der Waals surface area contributed by atoms with Crippen LogP contribution in [0.15, 0.2) is 23.0 Å². The minimum atomic E-state index is -3.47. The van der Waals surface area contributed by atoms with Gasteiger partial charge in [-0.1, -0.05) is 0 Å². The lowest BCUT2D eigenvalue weighted by Gasteiger charge is -2.14. The van der Waals surface area contributed by atoms with Gasteiger partial charge in [0.05, 0.1) is 22.4 Å². The zero-order chi connectivity index (χ0) is 17.8. The number of alkyl halides is 2. The Labute approximate surface area is 130 Å². The lowest BCUT2D eigenvalue weighted by atomic mass is 10.1. The molecular formula is C14H7F4N3O3. The normalized spacial score (nSPS) is 13.4. The number of nitrogens with two attached hydrogens (primary N) is 1. The second kappa shape index (κ2) is 5.18. The summed E-state index contributed by atoms with van der Waals surface area (Å²) < 4.78 is 53.7. The Bertz CT molecular complexity index is 969. The van der Waals surface area contributed by atoms with Crippen LogP contribution >= 0.6 is 0 Å². The first-order chi connectivity index (χ1) is 11.2. The van der Waals surface area contributed by atoms with Gasteiger partial charge in [0.15, 0.2) is 5.82 Å². The molecule has 2 aromatic rings. The number of rotatable bonds is 2. The molecule has 2 heterocycles. The van der Waals surface area contributed by atoms with Gasteiger partial charge in [0.1, 0.15) is 11.6 Å². The van der Waals surface area contributed by atoms with E-state index in [1.165, 1.54) is 0 Å². The van der Waals surface area contributed by atoms with Crippen LogP contribution in [0.5, 0.6) is 0 Å². The predicted molar refractivity (Wildman–Crippen MR) is 73.1 cm³/mol. The molecule has 0 radical (unpaired) electrons. The Balaban J connectivity index is 2.36. The van der Waals surface area contributed by atoms with Crippen molar-refractivity contribution < 1.29 is 27.2 Å². The second-order valence-electron chi connectivity index (χ2n) is 4.87. The number of pyridine rings is 1. The second-order valence-corrected chi connectivity index (χ2v) is 4.87. The summed E-state index contributed by atoms with van der Waals surface area (Å²) in [6, 6.07) is 2.00. The molecule has 0 saturated carbocycles. The number of carbonyl (C=O) groups is 2. The van der Waals surface area contributed by atoms with Crippen LogP contribution in [0, 0.1) is 11.6 Å². The summed E-state index contributed by atoms with van der Waals surface area (Å²) in [5, 5.41) is 1.90.